The van der Waals surface area contributed by atoms with Gasteiger partial charge in [-0.05, 0) is 24.6 Å². The summed E-state index contributed by atoms with van der Waals surface area (Å²) in [6.07, 6.45) is 1.48. The monoisotopic (exact) mass is 351 g/mol. The number of esters is 1. The molecule has 8 heteroatoms. The standard InChI is InChI=1S/C18H17N5O3/c1-4-9-26-16(24)14-11(2)20-17-21-22(3)18(25)23(17)15(14)13-7-5-12(10-19)6-8-13/h4-8,14-15H,1,9H2,2-3H3. The molecule has 0 radical (unpaired) electrons. The fourth-order valence-corrected chi connectivity index (χ4v) is 3.02. The second kappa shape index (κ2) is 6.80. The van der Waals surface area contributed by atoms with E-state index in [0.29, 0.717) is 16.8 Å². The Bertz CT molecular complexity index is 991. The van der Waals surface area contributed by atoms with E-state index in [1.807, 2.05) is 0 Å². The van der Waals surface area contributed by atoms with Crippen LogP contribution in [-0.2, 0) is 16.6 Å². The lowest BCUT2D eigenvalue weighted by atomic mass is 9.88. The Kier molecular flexibility index (Phi) is 4.54. The molecule has 0 amide bonds. The molecule has 2 atom stereocenters. The number of ether oxygens (including phenoxy) is 1. The van der Waals surface area contributed by atoms with Crippen molar-refractivity contribution in [1.82, 2.24) is 14.3 Å². The van der Waals surface area contributed by atoms with Gasteiger partial charge in [0.15, 0.2) is 0 Å². The SMILES string of the molecule is C=CCOC(=O)C1C(C)=Nc2nn(C)c(=O)n2C1c1ccc(C#N)cc1. The Morgan fingerprint density at radius 2 is 2.12 bits per heavy atom. The van der Waals surface area contributed by atoms with Gasteiger partial charge in [-0.2, -0.15) is 5.26 Å². The van der Waals surface area contributed by atoms with Gasteiger partial charge in [-0.3, -0.25) is 9.36 Å². The highest BCUT2D eigenvalue weighted by atomic mass is 16.5. The first-order valence-corrected chi connectivity index (χ1v) is 7.96. The van der Waals surface area contributed by atoms with Gasteiger partial charge in [-0.1, -0.05) is 24.8 Å². The molecule has 2 heterocycles. The van der Waals surface area contributed by atoms with Gasteiger partial charge in [0.05, 0.1) is 17.7 Å². The molecule has 132 valence electrons. The maximum atomic E-state index is 12.7. The lowest BCUT2D eigenvalue weighted by Gasteiger charge is -2.29. The predicted octanol–water partition coefficient (Wildman–Crippen LogP) is 1.49. The topological polar surface area (TPSA) is 102 Å². The molecule has 0 saturated carbocycles. The number of carbonyl (C=O) groups excluding carboxylic acids is 1. The van der Waals surface area contributed by atoms with Gasteiger partial charge in [0.1, 0.15) is 12.5 Å². The normalized spacial score (nSPS) is 18.4. The number of aromatic nitrogens is 3. The van der Waals surface area contributed by atoms with Crippen molar-refractivity contribution in [2.75, 3.05) is 6.61 Å². The summed E-state index contributed by atoms with van der Waals surface area (Å²) < 4.78 is 7.79. The molecule has 2 aromatic rings. The number of nitriles is 1. The van der Waals surface area contributed by atoms with Crippen molar-refractivity contribution >= 4 is 17.6 Å². The van der Waals surface area contributed by atoms with Gasteiger partial charge < -0.3 is 4.74 Å². The van der Waals surface area contributed by atoms with Gasteiger partial charge in [-0.25, -0.2) is 14.5 Å². The van der Waals surface area contributed by atoms with Crippen LogP contribution in [-0.4, -0.2) is 32.6 Å². The van der Waals surface area contributed by atoms with Crippen molar-refractivity contribution in [3.8, 4) is 6.07 Å². The zero-order chi connectivity index (χ0) is 18.8. The first-order valence-electron chi connectivity index (χ1n) is 7.96. The second-order valence-electron chi connectivity index (χ2n) is 5.90. The maximum absolute atomic E-state index is 12.7. The molecule has 0 aliphatic carbocycles. The number of rotatable bonds is 4. The Morgan fingerprint density at radius 3 is 2.73 bits per heavy atom. The third-order valence-electron chi connectivity index (χ3n) is 4.24. The molecule has 0 bridgehead atoms. The minimum Gasteiger partial charge on any atom is -0.461 e. The van der Waals surface area contributed by atoms with E-state index < -0.39 is 17.9 Å². The van der Waals surface area contributed by atoms with Crippen LogP contribution in [0, 0.1) is 17.2 Å². The van der Waals surface area contributed by atoms with Crippen LogP contribution in [0.1, 0.15) is 24.1 Å². The second-order valence-corrected chi connectivity index (χ2v) is 5.90. The van der Waals surface area contributed by atoms with Crippen LogP contribution < -0.4 is 5.69 Å². The Morgan fingerprint density at radius 1 is 1.42 bits per heavy atom. The van der Waals surface area contributed by atoms with Crippen molar-refractivity contribution in [1.29, 1.82) is 5.26 Å². The van der Waals surface area contributed by atoms with E-state index in [1.165, 1.54) is 22.4 Å². The molecular weight excluding hydrogens is 334 g/mol. The number of fused-ring (bicyclic) bond motifs is 1. The fourth-order valence-electron chi connectivity index (χ4n) is 3.02. The molecule has 3 rings (SSSR count). The summed E-state index contributed by atoms with van der Waals surface area (Å²) in [5, 5.41) is 13.1. The molecule has 0 fully saturated rings. The van der Waals surface area contributed by atoms with Crippen molar-refractivity contribution in [2.45, 2.75) is 13.0 Å². The van der Waals surface area contributed by atoms with Crippen molar-refractivity contribution in [3.63, 3.8) is 0 Å². The highest BCUT2D eigenvalue weighted by molar-refractivity contribution is 6.03. The van der Waals surface area contributed by atoms with Crippen LogP contribution in [0.3, 0.4) is 0 Å². The Hall–Kier alpha value is -3.47. The molecule has 0 N–H and O–H groups in total. The number of nitrogens with zero attached hydrogens (tertiary/aromatic N) is 5. The highest BCUT2D eigenvalue weighted by Gasteiger charge is 2.40. The largest absolute Gasteiger partial charge is 0.461 e. The summed E-state index contributed by atoms with van der Waals surface area (Å²) in [6, 6.07) is 8.12. The average molecular weight is 351 g/mol. The quantitative estimate of drug-likeness (QED) is 0.613. The minimum absolute atomic E-state index is 0.0670. The van der Waals surface area contributed by atoms with Gasteiger partial charge >= 0.3 is 11.7 Å². The first-order chi connectivity index (χ1) is 12.5. The molecule has 1 aromatic heterocycles. The van der Waals surface area contributed by atoms with Crippen LogP contribution in [0.2, 0.25) is 0 Å². The van der Waals surface area contributed by atoms with Crippen LogP contribution in [0.4, 0.5) is 5.95 Å². The summed E-state index contributed by atoms with van der Waals surface area (Å²) in [7, 11) is 1.53. The zero-order valence-corrected chi connectivity index (χ0v) is 14.4. The highest BCUT2D eigenvalue weighted by Crippen LogP contribution is 2.35. The maximum Gasteiger partial charge on any atom is 0.347 e. The smallest absolute Gasteiger partial charge is 0.347 e. The summed E-state index contributed by atoms with van der Waals surface area (Å²) in [5.74, 6) is -1.05. The van der Waals surface area contributed by atoms with E-state index in [2.05, 4.69) is 22.7 Å². The van der Waals surface area contributed by atoms with Crippen LogP contribution in [0.15, 0.2) is 46.7 Å². The number of aliphatic imine (C=N–C) groups is 1. The van der Waals surface area contributed by atoms with E-state index in [9.17, 15) is 9.59 Å². The minimum atomic E-state index is -0.780. The number of carbonyl (C=O) groups is 1. The van der Waals surface area contributed by atoms with E-state index in [4.69, 9.17) is 10.00 Å². The predicted molar refractivity (Wildman–Crippen MR) is 94.2 cm³/mol. The van der Waals surface area contributed by atoms with Gasteiger partial charge in [0, 0.05) is 12.8 Å². The van der Waals surface area contributed by atoms with Crippen LogP contribution in [0.5, 0.6) is 0 Å². The molecule has 0 saturated heterocycles. The summed E-state index contributed by atoms with van der Waals surface area (Å²) in [6.45, 7) is 5.31. The number of hydrogen-bond donors (Lipinski definition) is 0. The molecule has 8 nitrogen and oxygen atoms in total. The Labute approximate surface area is 149 Å². The molecule has 1 aliphatic rings. The lowest BCUT2D eigenvalue weighted by molar-refractivity contribution is -0.145. The van der Waals surface area contributed by atoms with Crippen molar-refractivity contribution in [2.24, 2.45) is 18.0 Å². The first kappa shape index (κ1) is 17.4. The van der Waals surface area contributed by atoms with Crippen molar-refractivity contribution in [3.05, 3.63) is 58.5 Å². The lowest BCUT2D eigenvalue weighted by Crippen LogP contribution is -2.40. The molecule has 1 aromatic carbocycles. The number of aryl methyl sites for hydroxylation is 1. The van der Waals surface area contributed by atoms with Crippen molar-refractivity contribution < 1.29 is 9.53 Å². The van der Waals surface area contributed by atoms with Gasteiger partial charge in [-0.15, -0.1) is 5.10 Å². The number of benzene rings is 1. The van der Waals surface area contributed by atoms with Crippen LogP contribution in [0.25, 0.3) is 0 Å². The molecule has 1 aliphatic heterocycles. The third-order valence-corrected chi connectivity index (χ3v) is 4.24. The fraction of sp³-hybridized carbons (Fsp3) is 0.278. The Balaban J connectivity index is 2.17. The zero-order valence-electron chi connectivity index (χ0n) is 14.4. The molecular formula is C18H17N5O3. The van der Waals surface area contributed by atoms with E-state index in [-0.39, 0.29) is 18.2 Å². The third kappa shape index (κ3) is 2.84. The van der Waals surface area contributed by atoms with Gasteiger partial charge in [0.25, 0.3) is 5.95 Å². The van der Waals surface area contributed by atoms with E-state index in [1.54, 1.807) is 31.2 Å². The van der Waals surface area contributed by atoms with Crippen LogP contribution >= 0.6 is 0 Å². The van der Waals surface area contributed by atoms with Gasteiger partial charge in [0.2, 0.25) is 0 Å². The molecule has 2 unspecified atom stereocenters. The summed E-state index contributed by atoms with van der Waals surface area (Å²) in [4.78, 5) is 29.6. The van der Waals surface area contributed by atoms with E-state index in [0.717, 1.165) is 0 Å². The van der Waals surface area contributed by atoms with E-state index >= 15 is 0 Å². The summed E-state index contributed by atoms with van der Waals surface area (Å²) >= 11 is 0. The number of hydrogen-bond acceptors (Lipinski definition) is 6. The summed E-state index contributed by atoms with van der Waals surface area (Å²) in [5.41, 5.74) is 1.30. The molecule has 26 heavy (non-hydrogen) atoms. The molecule has 0 spiro atoms. The average Bonchev–Trinajstić information content (AvgIpc) is 2.92.